The van der Waals surface area contributed by atoms with Crippen LogP contribution in [0.25, 0.3) is 0 Å². The highest BCUT2D eigenvalue weighted by atomic mass is 19.3. The lowest BCUT2D eigenvalue weighted by atomic mass is 9.89. The highest BCUT2D eigenvalue weighted by Gasteiger charge is 2.33. The molecule has 2 atom stereocenters. The van der Waals surface area contributed by atoms with Crippen molar-refractivity contribution in [3.05, 3.63) is 29.8 Å². The maximum absolute atomic E-state index is 13.0. The molecule has 0 unspecified atom stereocenters. The highest BCUT2D eigenvalue weighted by Crippen LogP contribution is 2.39. The smallest absolute Gasteiger partial charge is 0.245 e. The number of nitrogens with zero attached hydrogens (tertiary/aromatic N) is 1. The first-order valence-electron chi connectivity index (χ1n) is 5.95. The first kappa shape index (κ1) is 12.8. The molecular weight excluding hydrogens is 238 g/mol. The number of nitrogens with two attached hydrogens (primary N) is 1. The molecule has 5 heteroatoms. The molecule has 0 bridgehead atoms. The Balaban J connectivity index is 2.39. The van der Waals surface area contributed by atoms with Crippen molar-refractivity contribution in [3.63, 3.8) is 0 Å². The topological polar surface area (TPSA) is 46.3 Å². The molecule has 1 amide bonds. The van der Waals surface area contributed by atoms with Gasteiger partial charge in [0, 0.05) is 18.2 Å². The van der Waals surface area contributed by atoms with Crippen molar-refractivity contribution in [1.82, 2.24) is 0 Å². The number of carbonyl (C=O) groups excluding carboxylic acids is 1. The first-order valence-corrected chi connectivity index (χ1v) is 5.95. The molecule has 0 saturated heterocycles. The number of para-hydroxylation sites is 1. The van der Waals surface area contributed by atoms with Gasteiger partial charge in [0.1, 0.15) is 6.04 Å². The molecule has 2 N–H and O–H groups in total. The summed E-state index contributed by atoms with van der Waals surface area (Å²) in [6.07, 6.45) is -2.04. The average molecular weight is 254 g/mol. The van der Waals surface area contributed by atoms with Gasteiger partial charge in [-0.1, -0.05) is 18.2 Å². The fourth-order valence-electron chi connectivity index (χ4n) is 2.43. The maximum Gasteiger partial charge on any atom is 0.245 e. The van der Waals surface area contributed by atoms with Gasteiger partial charge in [0.15, 0.2) is 0 Å². The van der Waals surface area contributed by atoms with Crippen LogP contribution in [0.2, 0.25) is 0 Å². The van der Waals surface area contributed by atoms with Crippen LogP contribution in [0.3, 0.4) is 0 Å². The number of rotatable bonds is 3. The van der Waals surface area contributed by atoms with Crippen LogP contribution >= 0.6 is 0 Å². The van der Waals surface area contributed by atoms with Crippen molar-refractivity contribution in [2.75, 3.05) is 11.4 Å². The van der Waals surface area contributed by atoms with Crippen LogP contribution in [0.4, 0.5) is 14.5 Å². The molecule has 0 spiro atoms. The van der Waals surface area contributed by atoms with E-state index in [9.17, 15) is 13.6 Å². The van der Waals surface area contributed by atoms with Gasteiger partial charge in [-0.3, -0.25) is 4.79 Å². The van der Waals surface area contributed by atoms with Crippen LogP contribution < -0.4 is 10.6 Å². The Morgan fingerprint density at radius 2 is 2.11 bits per heavy atom. The largest absolute Gasteiger partial charge is 0.368 e. The van der Waals surface area contributed by atoms with Crippen LogP contribution in [-0.4, -0.2) is 24.9 Å². The van der Waals surface area contributed by atoms with Gasteiger partial charge in [-0.05, 0) is 25.0 Å². The molecule has 0 aromatic heterocycles. The molecule has 0 saturated carbocycles. The fourth-order valence-corrected chi connectivity index (χ4v) is 2.43. The monoisotopic (exact) mass is 254 g/mol. The zero-order chi connectivity index (χ0) is 13.3. The SMILES string of the molecule is C[C@H](C(N)=O)N1CC[C@@H](C(F)F)c2ccccc21. The summed E-state index contributed by atoms with van der Waals surface area (Å²) in [5.74, 6) is -1.20. The predicted octanol–water partition coefficient (Wildman–Crippen LogP) is 2.12. The average Bonchev–Trinajstić information content (AvgIpc) is 2.36. The minimum Gasteiger partial charge on any atom is -0.368 e. The van der Waals surface area contributed by atoms with Crippen molar-refractivity contribution in [2.24, 2.45) is 5.73 Å². The summed E-state index contributed by atoms with van der Waals surface area (Å²) in [7, 11) is 0. The van der Waals surface area contributed by atoms with E-state index in [1.54, 1.807) is 36.1 Å². The first-order chi connectivity index (χ1) is 8.52. The molecule has 2 rings (SSSR count). The Bertz CT molecular complexity index is 450. The number of benzene rings is 1. The van der Waals surface area contributed by atoms with Crippen molar-refractivity contribution >= 4 is 11.6 Å². The second-order valence-electron chi connectivity index (χ2n) is 4.56. The highest BCUT2D eigenvalue weighted by molar-refractivity contribution is 5.83. The number of fused-ring (bicyclic) bond motifs is 1. The fraction of sp³-hybridized carbons (Fsp3) is 0.462. The van der Waals surface area contributed by atoms with E-state index in [0.29, 0.717) is 24.2 Å². The molecule has 0 aliphatic carbocycles. The van der Waals surface area contributed by atoms with E-state index in [-0.39, 0.29) is 0 Å². The van der Waals surface area contributed by atoms with Gasteiger partial charge in [-0.25, -0.2) is 8.78 Å². The summed E-state index contributed by atoms with van der Waals surface area (Å²) in [5, 5.41) is 0. The van der Waals surface area contributed by atoms with Gasteiger partial charge in [0.2, 0.25) is 12.3 Å². The third kappa shape index (κ3) is 2.17. The van der Waals surface area contributed by atoms with E-state index in [1.807, 2.05) is 0 Å². The van der Waals surface area contributed by atoms with Gasteiger partial charge in [-0.15, -0.1) is 0 Å². The van der Waals surface area contributed by atoms with Crippen LogP contribution in [-0.2, 0) is 4.79 Å². The van der Waals surface area contributed by atoms with Gasteiger partial charge in [0.25, 0.3) is 0 Å². The van der Waals surface area contributed by atoms with Crippen LogP contribution in [0, 0.1) is 0 Å². The van der Waals surface area contributed by atoms with Crippen molar-refractivity contribution in [2.45, 2.75) is 31.7 Å². The Labute approximate surface area is 105 Å². The number of primary amides is 1. The van der Waals surface area contributed by atoms with Crippen LogP contribution in [0.15, 0.2) is 24.3 Å². The second-order valence-corrected chi connectivity index (χ2v) is 4.56. The van der Waals surface area contributed by atoms with Crippen molar-refractivity contribution in [3.8, 4) is 0 Å². The summed E-state index contributed by atoms with van der Waals surface area (Å²) < 4.78 is 26.0. The Kier molecular flexibility index (Phi) is 3.50. The van der Waals surface area contributed by atoms with Gasteiger partial charge < -0.3 is 10.6 Å². The van der Waals surface area contributed by atoms with E-state index in [4.69, 9.17) is 5.73 Å². The van der Waals surface area contributed by atoms with Gasteiger partial charge in [-0.2, -0.15) is 0 Å². The molecule has 1 aromatic rings. The lowest BCUT2D eigenvalue weighted by Gasteiger charge is -2.38. The van der Waals surface area contributed by atoms with Crippen LogP contribution in [0.1, 0.15) is 24.8 Å². The lowest BCUT2D eigenvalue weighted by Crippen LogP contribution is -2.46. The summed E-state index contributed by atoms with van der Waals surface area (Å²) in [4.78, 5) is 13.1. The molecule has 1 aliphatic heterocycles. The molecule has 0 radical (unpaired) electrons. The number of carbonyl (C=O) groups is 1. The summed E-state index contributed by atoms with van der Waals surface area (Å²) in [5.41, 5.74) is 6.59. The summed E-state index contributed by atoms with van der Waals surface area (Å²) >= 11 is 0. The summed E-state index contributed by atoms with van der Waals surface area (Å²) in [6.45, 7) is 2.12. The Morgan fingerprint density at radius 3 is 2.72 bits per heavy atom. The standard InChI is InChI=1S/C13H16F2N2O/c1-8(13(16)18)17-7-6-10(12(14)15)9-4-2-3-5-11(9)17/h2-5,8,10,12H,6-7H2,1H3,(H2,16,18)/t8-,10-/m1/s1. The zero-order valence-electron chi connectivity index (χ0n) is 10.1. The quantitative estimate of drug-likeness (QED) is 0.898. The summed E-state index contributed by atoms with van der Waals surface area (Å²) in [6, 6.07) is 6.51. The predicted molar refractivity (Wildman–Crippen MR) is 65.8 cm³/mol. The van der Waals surface area contributed by atoms with E-state index in [1.165, 1.54) is 0 Å². The number of hydrogen-bond acceptors (Lipinski definition) is 2. The normalized spacial score (nSPS) is 20.7. The second kappa shape index (κ2) is 4.92. The third-order valence-corrected chi connectivity index (χ3v) is 3.51. The number of amides is 1. The lowest BCUT2D eigenvalue weighted by molar-refractivity contribution is -0.119. The van der Waals surface area contributed by atoms with Crippen molar-refractivity contribution < 1.29 is 13.6 Å². The molecular formula is C13H16F2N2O. The number of hydrogen-bond donors (Lipinski definition) is 1. The van der Waals surface area contributed by atoms with Crippen molar-refractivity contribution in [1.29, 1.82) is 0 Å². The molecule has 1 heterocycles. The van der Waals surface area contributed by atoms with Gasteiger partial charge in [0.05, 0.1) is 0 Å². The number of anilines is 1. The maximum atomic E-state index is 13.0. The number of halogens is 2. The van der Waals surface area contributed by atoms with E-state index in [2.05, 4.69) is 0 Å². The molecule has 18 heavy (non-hydrogen) atoms. The molecule has 3 nitrogen and oxygen atoms in total. The number of alkyl halides is 2. The van der Waals surface area contributed by atoms with Gasteiger partial charge >= 0.3 is 0 Å². The third-order valence-electron chi connectivity index (χ3n) is 3.51. The minimum absolute atomic E-state index is 0.340. The molecule has 1 aromatic carbocycles. The zero-order valence-corrected chi connectivity index (χ0v) is 10.1. The van der Waals surface area contributed by atoms with E-state index >= 15 is 0 Å². The Morgan fingerprint density at radius 1 is 1.44 bits per heavy atom. The molecule has 98 valence electrons. The molecule has 1 aliphatic rings. The Hall–Kier alpha value is -1.65. The van der Waals surface area contributed by atoms with E-state index in [0.717, 1.165) is 0 Å². The van der Waals surface area contributed by atoms with E-state index < -0.39 is 24.3 Å². The minimum atomic E-state index is -2.38. The molecule has 0 fully saturated rings. The van der Waals surface area contributed by atoms with Crippen LogP contribution in [0.5, 0.6) is 0 Å².